The predicted octanol–water partition coefficient (Wildman–Crippen LogP) is 2.09. The van der Waals surface area contributed by atoms with E-state index in [0.29, 0.717) is 6.61 Å². The summed E-state index contributed by atoms with van der Waals surface area (Å²) in [4.78, 5) is 4.33. The highest BCUT2D eigenvalue weighted by Crippen LogP contribution is 2.11. The highest BCUT2D eigenvalue weighted by molar-refractivity contribution is 5.74. The lowest BCUT2D eigenvalue weighted by Crippen LogP contribution is -2.07. The third-order valence-corrected chi connectivity index (χ3v) is 2.64. The molecule has 0 saturated carbocycles. The summed E-state index contributed by atoms with van der Waals surface area (Å²) in [6.45, 7) is 3.06. The van der Waals surface area contributed by atoms with Crippen LogP contribution in [0.3, 0.4) is 0 Å². The van der Waals surface area contributed by atoms with Crippen LogP contribution in [0.15, 0.2) is 30.6 Å². The van der Waals surface area contributed by atoms with Crippen LogP contribution in [0, 0.1) is 0 Å². The fourth-order valence-corrected chi connectivity index (χ4v) is 1.76. The fraction of sp³-hybridized carbons (Fsp3) is 0.462. The summed E-state index contributed by atoms with van der Waals surface area (Å²) in [5.41, 5.74) is 2.19. The number of aromatic nitrogens is 2. The Hall–Kier alpha value is -1.39. The number of hydrogen-bond donors (Lipinski definition) is 0. The molecule has 4 heteroatoms. The monoisotopic (exact) mass is 234 g/mol. The highest BCUT2D eigenvalue weighted by Gasteiger charge is 2.00. The van der Waals surface area contributed by atoms with E-state index in [1.165, 1.54) is 0 Å². The summed E-state index contributed by atoms with van der Waals surface area (Å²) in [5, 5.41) is 0. The van der Waals surface area contributed by atoms with Crippen LogP contribution >= 0.6 is 0 Å². The first-order valence-corrected chi connectivity index (χ1v) is 5.88. The molecule has 0 unspecified atom stereocenters. The van der Waals surface area contributed by atoms with Gasteiger partial charge in [0.1, 0.15) is 0 Å². The lowest BCUT2D eigenvalue weighted by Gasteiger charge is -2.05. The lowest BCUT2D eigenvalue weighted by atomic mass is 10.3. The molecule has 0 aliphatic heterocycles. The summed E-state index contributed by atoms with van der Waals surface area (Å²) < 4.78 is 12.6. The Bertz CT molecular complexity index is 453. The van der Waals surface area contributed by atoms with E-state index in [-0.39, 0.29) is 0 Å². The van der Waals surface area contributed by atoms with Gasteiger partial charge in [-0.15, -0.1) is 0 Å². The first-order valence-electron chi connectivity index (χ1n) is 5.88. The van der Waals surface area contributed by atoms with Crippen molar-refractivity contribution in [2.45, 2.75) is 13.0 Å². The van der Waals surface area contributed by atoms with Crippen LogP contribution in [0.4, 0.5) is 0 Å². The smallest absolute Gasteiger partial charge is 0.0959 e. The topological polar surface area (TPSA) is 36.3 Å². The molecule has 0 N–H and O–H groups in total. The molecule has 0 bridgehead atoms. The van der Waals surface area contributed by atoms with Crippen LogP contribution in [0.2, 0.25) is 0 Å². The van der Waals surface area contributed by atoms with Gasteiger partial charge in [0.25, 0.3) is 0 Å². The number of rotatable bonds is 7. The molecule has 0 fully saturated rings. The Morgan fingerprint density at radius 3 is 2.94 bits per heavy atom. The van der Waals surface area contributed by atoms with Gasteiger partial charge in [-0.2, -0.15) is 0 Å². The molecule has 0 radical (unpaired) electrons. The third-order valence-electron chi connectivity index (χ3n) is 2.64. The molecule has 0 amide bonds. The molecule has 4 nitrogen and oxygen atoms in total. The van der Waals surface area contributed by atoms with Gasteiger partial charge in [-0.25, -0.2) is 4.98 Å². The first-order chi connectivity index (χ1) is 8.42. The van der Waals surface area contributed by atoms with Crippen molar-refractivity contribution in [1.82, 2.24) is 9.55 Å². The third kappa shape index (κ3) is 3.28. The molecule has 1 aromatic heterocycles. The second-order valence-corrected chi connectivity index (χ2v) is 3.89. The number of methoxy groups -OCH3 is 1. The Morgan fingerprint density at radius 1 is 1.18 bits per heavy atom. The fourth-order valence-electron chi connectivity index (χ4n) is 1.76. The van der Waals surface area contributed by atoms with Gasteiger partial charge in [-0.05, 0) is 18.6 Å². The lowest BCUT2D eigenvalue weighted by molar-refractivity contribution is 0.0981. The predicted molar refractivity (Wildman–Crippen MR) is 67.0 cm³/mol. The van der Waals surface area contributed by atoms with Crippen molar-refractivity contribution < 1.29 is 9.47 Å². The second-order valence-electron chi connectivity index (χ2n) is 3.89. The van der Waals surface area contributed by atoms with E-state index in [1.54, 1.807) is 7.11 Å². The normalized spacial score (nSPS) is 11.1. The van der Waals surface area contributed by atoms with Crippen molar-refractivity contribution in [3.8, 4) is 0 Å². The average molecular weight is 234 g/mol. The zero-order chi connectivity index (χ0) is 11.9. The quantitative estimate of drug-likeness (QED) is 0.688. The number of hydrogen-bond acceptors (Lipinski definition) is 3. The number of ether oxygens (including phenoxy) is 2. The van der Waals surface area contributed by atoms with Crippen molar-refractivity contribution in [3.05, 3.63) is 30.6 Å². The van der Waals surface area contributed by atoms with Crippen molar-refractivity contribution >= 4 is 11.0 Å². The van der Waals surface area contributed by atoms with E-state index >= 15 is 0 Å². The summed E-state index contributed by atoms with van der Waals surface area (Å²) in [7, 11) is 1.71. The van der Waals surface area contributed by atoms with Gasteiger partial charge >= 0.3 is 0 Å². The maximum atomic E-state index is 5.53. The van der Waals surface area contributed by atoms with Crippen molar-refractivity contribution in [2.24, 2.45) is 0 Å². The minimum absolute atomic E-state index is 0.712. The standard InChI is InChI=1S/C13H18N2O2/c1-16-8-4-9-17-10-7-15-11-14-12-5-2-3-6-13(12)15/h2-3,5-6,11H,4,7-10H2,1H3. The van der Waals surface area contributed by atoms with Crippen LogP contribution in [0.5, 0.6) is 0 Å². The molecule has 2 rings (SSSR count). The number of imidazole rings is 1. The van der Waals surface area contributed by atoms with Crippen LogP contribution < -0.4 is 0 Å². The maximum Gasteiger partial charge on any atom is 0.0959 e. The van der Waals surface area contributed by atoms with Crippen LogP contribution in [-0.4, -0.2) is 36.5 Å². The van der Waals surface area contributed by atoms with E-state index in [2.05, 4.69) is 15.6 Å². The molecule has 0 aliphatic carbocycles. The van der Waals surface area contributed by atoms with Crippen molar-refractivity contribution in [3.63, 3.8) is 0 Å². The Labute approximate surface area is 101 Å². The minimum Gasteiger partial charge on any atom is -0.385 e. The van der Waals surface area contributed by atoms with E-state index < -0.39 is 0 Å². The Balaban J connectivity index is 1.79. The van der Waals surface area contributed by atoms with Gasteiger partial charge in [-0.1, -0.05) is 12.1 Å². The molecule has 0 aliphatic rings. The van der Waals surface area contributed by atoms with Gasteiger partial charge in [0, 0.05) is 26.9 Å². The number of nitrogens with zero attached hydrogens (tertiary/aromatic N) is 2. The van der Waals surface area contributed by atoms with Gasteiger partial charge in [0.15, 0.2) is 0 Å². The second kappa shape index (κ2) is 6.37. The zero-order valence-corrected chi connectivity index (χ0v) is 10.1. The summed E-state index contributed by atoms with van der Waals surface area (Å²) in [6.07, 6.45) is 2.81. The van der Waals surface area contributed by atoms with Gasteiger partial charge in [-0.3, -0.25) is 0 Å². The molecule has 1 aromatic carbocycles. The highest BCUT2D eigenvalue weighted by atomic mass is 16.5. The number of para-hydroxylation sites is 2. The van der Waals surface area contributed by atoms with Gasteiger partial charge in [0.2, 0.25) is 0 Å². The van der Waals surface area contributed by atoms with E-state index in [0.717, 1.165) is 37.2 Å². The van der Waals surface area contributed by atoms with E-state index in [1.807, 2.05) is 24.5 Å². The summed E-state index contributed by atoms with van der Waals surface area (Å²) in [5.74, 6) is 0. The molecule has 0 atom stereocenters. The first kappa shape index (κ1) is 12.1. The summed E-state index contributed by atoms with van der Waals surface area (Å²) >= 11 is 0. The summed E-state index contributed by atoms with van der Waals surface area (Å²) in [6, 6.07) is 8.12. The number of fused-ring (bicyclic) bond motifs is 1. The average Bonchev–Trinajstić information content (AvgIpc) is 2.77. The molecule has 17 heavy (non-hydrogen) atoms. The molecule has 92 valence electrons. The molecule has 0 spiro atoms. The molecule has 1 heterocycles. The Kier molecular flexibility index (Phi) is 4.53. The molecular formula is C13H18N2O2. The maximum absolute atomic E-state index is 5.53. The van der Waals surface area contributed by atoms with Gasteiger partial charge < -0.3 is 14.0 Å². The number of benzene rings is 1. The molecular weight excluding hydrogens is 216 g/mol. The van der Waals surface area contributed by atoms with Gasteiger partial charge in [0.05, 0.1) is 24.0 Å². The zero-order valence-electron chi connectivity index (χ0n) is 10.1. The van der Waals surface area contributed by atoms with Crippen LogP contribution in [0.25, 0.3) is 11.0 Å². The Morgan fingerprint density at radius 2 is 2.06 bits per heavy atom. The van der Waals surface area contributed by atoms with Crippen LogP contribution in [-0.2, 0) is 16.0 Å². The molecule has 0 saturated heterocycles. The SMILES string of the molecule is COCCCOCCn1cnc2ccccc21. The van der Waals surface area contributed by atoms with Crippen molar-refractivity contribution in [1.29, 1.82) is 0 Å². The molecule has 2 aromatic rings. The largest absolute Gasteiger partial charge is 0.385 e. The van der Waals surface area contributed by atoms with Crippen LogP contribution in [0.1, 0.15) is 6.42 Å². The van der Waals surface area contributed by atoms with E-state index in [9.17, 15) is 0 Å². The van der Waals surface area contributed by atoms with E-state index in [4.69, 9.17) is 9.47 Å². The minimum atomic E-state index is 0.712. The van der Waals surface area contributed by atoms with Crippen molar-refractivity contribution in [2.75, 3.05) is 26.9 Å².